The van der Waals surface area contributed by atoms with Crippen LogP contribution in [-0.2, 0) is 9.47 Å². The van der Waals surface area contributed by atoms with Crippen LogP contribution in [0.15, 0.2) is 0 Å². The molecule has 1 heterocycles. The Morgan fingerprint density at radius 3 is 2.79 bits per heavy atom. The van der Waals surface area contributed by atoms with Crippen molar-refractivity contribution in [3.8, 4) is 0 Å². The van der Waals surface area contributed by atoms with Gasteiger partial charge in [-0.2, -0.15) is 0 Å². The van der Waals surface area contributed by atoms with Gasteiger partial charge in [-0.25, -0.2) is 0 Å². The molecule has 1 aliphatic heterocycles. The Hall–Kier alpha value is -0.120. The van der Waals surface area contributed by atoms with E-state index < -0.39 is 0 Å². The first-order valence-electron chi connectivity index (χ1n) is 5.83. The molecular weight excluding hydrogens is 178 g/mol. The first-order chi connectivity index (χ1) is 6.93. The molecule has 0 aromatic rings. The van der Waals surface area contributed by atoms with E-state index in [9.17, 15) is 0 Å². The topological polar surface area (TPSA) is 30.5 Å². The maximum atomic E-state index is 5.76. The standard InChI is InChI=1S/C11H23NO2/c1-2-12-7-3-4-8-14-11-5-9-13-10-6-11/h11-12H,2-10H2,1H3. The smallest absolute Gasteiger partial charge is 0.0619 e. The summed E-state index contributed by atoms with van der Waals surface area (Å²) in [6.07, 6.45) is 5.00. The predicted octanol–water partition coefficient (Wildman–Crippen LogP) is 1.57. The van der Waals surface area contributed by atoms with Gasteiger partial charge >= 0.3 is 0 Å². The van der Waals surface area contributed by atoms with E-state index >= 15 is 0 Å². The number of ether oxygens (including phenoxy) is 2. The number of unbranched alkanes of at least 4 members (excludes halogenated alkanes) is 1. The Morgan fingerprint density at radius 1 is 1.29 bits per heavy atom. The minimum Gasteiger partial charge on any atom is -0.381 e. The van der Waals surface area contributed by atoms with Gasteiger partial charge < -0.3 is 14.8 Å². The zero-order valence-electron chi connectivity index (χ0n) is 9.26. The highest BCUT2D eigenvalue weighted by Gasteiger charge is 2.13. The van der Waals surface area contributed by atoms with Gasteiger partial charge in [-0.05, 0) is 38.8 Å². The van der Waals surface area contributed by atoms with E-state index in [1.807, 2.05) is 0 Å². The summed E-state index contributed by atoms with van der Waals surface area (Å²) < 4.78 is 11.0. The summed E-state index contributed by atoms with van der Waals surface area (Å²) in [5.41, 5.74) is 0. The molecule has 14 heavy (non-hydrogen) atoms. The zero-order chi connectivity index (χ0) is 10.1. The van der Waals surface area contributed by atoms with E-state index in [4.69, 9.17) is 9.47 Å². The van der Waals surface area contributed by atoms with Crippen LogP contribution in [0.2, 0.25) is 0 Å². The molecule has 1 N–H and O–H groups in total. The van der Waals surface area contributed by atoms with Gasteiger partial charge in [-0.1, -0.05) is 6.92 Å². The Bertz CT molecular complexity index is 124. The fourth-order valence-corrected chi connectivity index (χ4v) is 1.62. The van der Waals surface area contributed by atoms with Crippen molar-refractivity contribution in [3.05, 3.63) is 0 Å². The lowest BCUT2D eigenvalue weighted by Crippen LogP contribution is -2.24. The zero-order valence-corrected chi connectivity index (χ0v) is 9.26. The maximum absolute atomic E-state index is 5.76. The van der Waals surface area contributed by atoms with E-state index in [1.54, 1.807) is 0 Å². The molecule has 0 spiro atoms. The fourth-order valence-electron chi connectivity index (χ4n) is 1.62. The van der Waals surface area contributed by atoms with Gasteiger partial charge in [-0.15, -0.1) is 0 Å². The van der Waals surface area contributed by atoms with Crippen molar-refractivity contribution in [2.24, 2.45) is 0 Å². The van der Waals surface area contributed by atoms with Crippen LogP contribution < -0.4 is 5.32 Å². The Kier molecular flexibility index (Phi) is 7.01. The SMILES string of the molecule is CCNCCCCOC1CCOCC1. The van der Waals surface area contributed by atoms with Gasteiger partial charge in [0.25, 0.3) is 0 Å². The van der Waals surface area contributed by atoms with Gasteiger partial charge in [0.05, 0.1) is 6.10 Å². The molecule has 0 bridgehead atoms. The average molecular weight is 201 g/mol. The van der Waals surface area contributed by atoms with Crippen LogP contribution in [0.25, 0.3) is 0 Å². The molecule has 0 aromatic carbocycles. The third-order valence-corrected chi connectivity index (χ3v) is 2.52. The number of hydrogen-bond donors (Lipinski definition) is 1. The lowest BCUT2D eigenvalue weighted by molar-refractivity contribution is -0.0325. The summed E-state index contributed by atoms with van der Waals surface area (Å²) in [4.78, 5) is 0. The molecule has 0 atom stereocenters. The second-order valence-electron chi connectivity index (χ2n) is 3.74. The summed E-state index contributed by atoms with van der Waals surface area (Å²) in [6.45, 7) is 6.99. The van der Waals surface area contributed by atoms with Crippen LogP contribution in [0, 0.1) is 0 Å². The van der Waals surface area contributed by atoms with E-state index in [2.05, 4.69) is 12.2 Å². The molecule has 1 aliphatic rings. The molecule has 0 saturated carbocycles. The largest absolute Gasteiger partial charge is 0.381 e. The van der Waals surface area contributed by atoms with Gasteiger partial charge in [0.1, 0.15) is 0 Å². The minimum absolute atomic E-state index is 0.461. The average Bonchev–Trinajstić information content (AvgIpc) is 2.25. The van der Waals surface area contributed by atoms with Gasteiger partial charge in [0.15, 0.2) is 0 Å². The van der Waals surface area contributed by atoms with Crippen LogP contribution in [0.3, 0.4) is 0 Å². The molecule has 0 unspecified atom stereocenters. The number of nitrogens with one attached hydrogen (secondary N) is 1. The molecule has 1 rings (SSSR count). The lowest BCUT2D eigenvalue weighted by Gasteiger charge is -2.22. The van der Waals surface area contributed by atoms with Crippen LogP contribution in [0.5, 0.6) is 0 Å². The summed E-state index contributed by atoms with van der Waals surface area (Å²) >= 11 is 0. The quantitative estimate of drug-likeness (QED) is 0.634. The Labute approximate surface area is 87.2 Å². The highest BCUT2D eigenvalue weighted by Crippen LogP contribution is 2.10. The van der Waals surface area contributed by atoms with Crippen molar-refractivity contribution in [3.63, 3.8) is 0 Å². The Morgan fingerprint density at radius 2 is 2.07 bits per heavy atom. The summed E-state index contributed by atoms with van der Waals surface area (Å²) in [7, 11) is 0. The van der Waals surface area contributed by atoms with Crippen molar-refractivity contribution in [2.45, 2.75) is 38.7 Å². The number of rotatable bonds is 7. The molecule has 0 aliphatic carbocycles. The fraction of sp³-hybridized carbons (Fsp3) is 1.00. The monoisotopic (exact) mass is 201 g/mol. The van der Waals surface area contributed by atoms with Gasteiger partial charge in [-0.3, -0.25) is 0 Å². The van der Waals surface area contributed by atoms with Crippen LogP contribution in [0.4, 0.5) is 0 Å². The molecule has 84 valence electrons. The molecule has 0 amide bonds. The molecule has 0 aromatic heterocycles. The van der Waals surface area contributed by atoms with Crippen molar-refractivity contribution in [2.75, 3.05) is 32.9 Å². The van der Waals surface area contributed by atoms with Crippen molar-refractivity contribution >= 4 is 0 Å². The summed E-state index contributed by atoms with van der Waals surface area (Å²) in [5, 5.41) is 3.31. The molecule has 1 saturated heterocycles. The van der Waals surface area contributed by atoms with Crippen LogP contribution in [0.1, 0.15) is 32.6 Å². The van der Waals surface area contributed by atoms with E-state index in [-0.39, 0.29) is 0 Å². The van der Waals surface area contributed by atoms with E-state index in [0.717, 1.165) is 45.8 Å². The first-order valence-corrected chi connectivity index (χ1v) is 5.83. The maximum Gasteiger partial charge on any atom is 0.0619 e. The van der Waals surface area contributed by atoms with E-state index in [1.165, 1.54) is 12.8 Å². The first kappa shape index (κ1) is 12.0. The van der Waals surface area contributed by atoms with Gasteiger partial charge in [0, 0.05) is 19.8 Å². The lowest BCUT2D eigenvalue weighted by atomic mass is 10.1. The third kappa shape index (κ3) is 5.58. The third-order valence-electron chi connectivity index (χ3n) is 2.52. The normalized spacial score (nSPS) is 18.6. The Balaban J connectivity index is 1.82. The van der Waals surface area contributed by atoms with Gasteiger partial charge in [0.2, 0.25) is 0 Å². The molecule has 1 fully saturated rings. The molecule has 0 radical (unpaired) electrons. The number of hydrogen-bond acceptors (Lipinski definition) is 3. The summed E-state index contributed by atoms with van der Waals surface area (Å²) in [5.74, 6) is 0. The molecule has 3 nitrogen and oxygen atoms in total. The van der Waals surface area contributed by atoms with Crippen molar-refractivity contribution < 1.29 is 9.47 Å². The van der Waals surface area contributed by atoms with Crippen molar-refractivity contribution in [1.82, 2.24) is 5.32 Å². The molecular formula is C11H23NO2. The van der Waals surface area contributed by atoms with E-state index in [0.29, 0.717) is 6.10 Å². The predicted molar refractivity (Wildman–Crippen MR) is 57.6 cm³/mol. The summed E-state index contributed by atoms with van der Waals surface area (Å²) in [6, 6.07) is 0. The van der Waals surface area contributed by atoms with Crippen LogP contribution >= 0.6 is 0 Å². The highest BCUT2D eigenvalue weighted by atomic mass is 16.5. The van der Waals surface area contributed by atoms with Crippen LogP contribution in [-0.4, -0.2) is 39.0 Å². The minimum atomic E-state index is 0.461. The van der Waals surface area contributed by atoms with Crippen molar-refractivity contribution in [1.29, 1.82) is 0 Å². The highest BCUT2D eigenvalue weighted by molar-refractivity contribution is 4.62. The second kappa shape index (κ2) is 8.21. The molecule has 3 heteroatoms. The second-order valence-corrected chi connectivity index (χ2v) is 3.74.